The molecule has 0 unspecified atom stereocenters. The summed E-state index contributed by atoms with van der Waals surface area (Å²) in [4.78, 5) is 20.8. The molecule has 0 aliphatic carbocycles. The number of carboxylic acid groups (broad SMARTS) is 1. The van der Waals surface area contributed by atoms with Crippen LogP contribution in [0.4, 0.5) is 5.69 Å². The number of rotatable bonds is 4. The van der Waals surface area contributed by atoms with E-state index in [1.807, 2.05) is 0 Å². The van der Waals surface area contributed by atoms with Crippen molar-refractivity contribution in [3.8, 4) is 0 Å². The van der Waals surface area contributed by atoms with Crippen LogP contribution in [0.3, 0.4) is 0 Å². The summed E-state index contributed by atoms with van der Waals surface area (Å²) in [5, 5.41) is 19.3. The standard InChI is InChI=1S/C10H11NO4/c1-7(10(12)13)6-8-4-2-3-5-9(8)11(14)15/h2-5,7H,6H2,1H3,(H,12,13)/t7-/m1/s1. The molecule has 0 amide bonds. The van der Waals surface area contributed by atoms with Gasteiger partial charge in [-0.15, -0.1) is 0 Å². The van der Waals surface area contributed by atoms with Gasteiger partial charge in [0.05, 0.1) is 10.8 Å². The number of carbonyl (C=O) groups is 1. The van der Waals surface area contributed by atoms with E-state index in [4.69, 9.17) is 5.11 Å². The minimum atomic E-state index is -0.951. The van der Waals surface area contributed by atoms with Gasteiger partial charge in [0.2, 0.25) is 0 Å². The van der Waals surface area contributed by atoms with Gasteiger partial charge < -0.3 is 5.11 Å². The molecule has 0 radical (unpaired) electrons. The Morgan fingerprint density at radius 3 is 2.67 bits per heavy atom. The Morgan fingerprint density at radius 1 is 1.53 bits per heavy atom. The van der Waals surface area contributed by atoms with Crippen molar-refractivity contribution in [2.45, 2.75) is 13.3 Å². The first-order chi connectivity index (χ1) is 7.02. The summed E-state index contributed by atoms with van der Waals surface area (Å²) in [6, 6.07) is 6.19. The summed E-state index contributed by atoms with van der Waals surface area (Å²) in [7, 11) is 0. The highest BCUT2D eigenvalue weighted by Gasteiger charge is 2.18. The van der Waals surface area contributed by atoms with Crippen molar-refractivity contribution in [1.82, 2.24) is 0 Å². The molecular formula is C10H11NO4. The van der Waals surface area contributed by atoms with E-state index in [2.05, 4.69) is 0 Å². The first-order valence-electron chi connectivity index (χ1n) is 4.47. The number of carboxylic acids is 1. The maximum absolute atomic E-state index is 10.6. The predicted molar refractivity (Wildman–Crippen MR) is 53.6 cm³/mol. The highest BCUT2D eigenvalue weighted by molar-refractivity contribution is 5.70. The van der Waals surface area contributed by atoms with Crippen LogP contribution in [-0.2, 0) is 11.2 Å². The summed E-state index contributed by atoms with van der Waals surface area (Å²) in [6.07, 6.45) is 0.173. The molecule has 0 saturated heterocycles. The van der Waals surface area contributed by atoms with E-state index in [-0.39, 0.29) is 12.1 Å². The molecule has 1 N–H and O–H groups in total. The number of aliphatic carboxylic acids is 1. The van der Waals surface area contributed by atoms with E-state index < -0.39 is 16.8 Å². The van der Waals surface area contributed by atoms with Gasteiger partial charge in [0.25, 0.3) is 5.69 Å². The quantitative estimate of drug-likeness (QED) is 0.606. The third kappa shape index (κ3) is 2.77. The van der Waals surface area contributed by atoms with Crippen LogP contribution in [0, 0.1) is 16.0 Å². The molecule has 0 heterocycles. The number of hydrogen-bond acceptors (Lipinski definition) is 3. The molecule has 0 fully saturated rings. The summed E-state index contributed by atoms with van der Waals surface area (Å²) >= 11 is 0. The fraction of sp³-hybridized carbons (Fsp3) is 0.300. The average Bonchev–Trinajstić information content (AvgIpc) is 2.18. The summed E-state index contributed by atoms with van der Waals surface area (Å²) < 4.78 is 0. The van der Waals surface area contributed by atoms with E-state index in [1.54, 1.807) is 18.2 Å². The van der Waals surface area contributed by atoms with Gasteiger partial charge in [-0.1, -0.05) is 25.1 Å². The SMILES string of the molecule is C[C@H](Cc1ccccc1[N+](=O)[O-])C(=O)O. The lowest BCUT2D eigenvalue weighted by atomic mass is 10.00. The Hall–Kier alpha value is -1.91. The minimum Gasteiger partial charge on any atom is -0.481 e. The highest BCUT2D eigenvalue weighted by Crippen LogP contribution is 2.20. The number of nitrogens with zero attached hydrogens (tertiary/aromatic N) is 1. The van der Waals surface area contributed by atoms with Gasteiger partial charge in [-0.3, -0.25) is 14.9 Å². The third-order valence-electron chi connectivity index (χ3n) is 2.14. The van der Waals surface area contributed by atoms with E-state index in [0.29, 0.717) is 5.56 Å². The normalized spacial score (nSPS) is 12.1. The summed E-state index contributed by atoms with van der Waals surface area (Å²) in [5.74, 6) is -1.57. The third-order valence-corrected chi connectivity index (χ3v) is 2.14. The average molecular weight is 209 g/mol. The molecule has 1 aromatic carbocycles. The molecule has 0 saturated carbocycles. The molecule has 1 atom stereocenters. The predicted octanol–water partition coefficient (Wildman–Crippen LogP) is 1.86. The highest BCUT2D eigenvalue weighted by atomic mass is 16.6. The lowest BCUT2D eigenvalue weighted by Crippen LogP contribution is -2.13. The summed E-state index contributed by atoms with van der Waals surface area (Å²) in [6.45, 7) is 1.53. The van der Waals surface area contributed by atoms with Crippen LogP contribution >= 0.6 is 0 Å². The van der Waals surface area contributed by atoms with Gasteiger partial charge in [0.15, 0.2) is 0 Å². The van der Waals surface area contributed by atoms with Crippen molar-refractivity contribution in [1.29, 1.82) is 0 Å². The zero-order valence-electron chi connectivity index (χ0n) is 8.21. The van der Waals surface area contributed by atoms with Gasteiger partial charge in [-0.2, -0.15) is 0 Å². The van der Waals surface area contributed by atoms with E-state index in [9.17, 15) is 14.9 Å². The maximum Gasteiger partial charge on any atom is 0.306 e. The van der Waals surface area contributed by atoms with Crippen LogP contribution in [0.5, 0.6) is 0 Å². The number of hydrogen-bond donors (Lipinski definition) is 1. The Bertz CT molecular complexity index is 389. The lowest BCUT2D eigenvalue weighted by Gasteiger charge is -2.06. The number of nitro benzene ring substituents is 1. The molecule has 15 heavy (non-hydrogen) atoms. The fourth-order valence-corrected chi connectivity index (χ4v) is 1.28. The molecule has 0 aliphatic heterocycles. The van der Waals surface area contributed by atoms with Gasteiger partial charge >= 0.3 is 5.97 Å². The van der Waals surface area contributed by atoms with Gasteiger partial charge in [0, 0.05) is 11.6 Å². The molecular weight excluding hydrogens is 198 g/mol. The Kier molecular flexibility index (Phi) is 3.38. The second kappa shape index (κ2) is 4.54. The monoisotopic (exact) mass is 209 g/mol. The largest absolute Gasteiger partial charge is 0.481 e. The maximum atomic E-state index is 10.6. The molecule has 5 heteroatoms. The first kappa shape index (κ1) is 11.2. The van der Waals surface area contributed by atoms with Crippen LogP contribution in [0.2, 0.25) is 0 Å². The van der Waals surface area contributed by atoms with Crippen molar-refractivity contribution in [2.24, 2.45) is 5.92 Å². The van der Waals surface area contributed by atoms with E-state index in [0.717, 1.165) is 0 Å². The first-order valence-corrected chi connectivity index (χ1v) is 4.47. The second-order valence-electron chi connectivity index (χ2n) is 3.33. The molecule has 1 aromatic rings. The molecule has 0 aromatic heterocycles. The lowest BCUT2D eigenvalue weighted by molar-refractivity contribution is -0.385. The van der Waals surface area contributed by atoms with Gasteiger partial charge in [0.1, 0.15) is 0 Å². The topological polar surface area (TPSA) is 80.4 Å². The number of benzene rings is 1. The van der Waals surface area contributed by atoms with Crippen LogP contribution in [0.1, 0.15) is 12.5 Å². The van der Waals surface area contributed by atoms with Crippen molar-refractivity contribution in [2.75, 3.05) is 0 Å². The van der Waals surface area contributed by atoms with Crippen molar-refractivity contribution in [3.63, 3.8) is 0 Å². The molecule has 0 bridgehead atoms. The van der Waals surface area contributed by atoms with E-state index >= 15 is 0 Å². The molecule has 0 aliphatic rings. The van der Waals surface area contributed by atoms with Gasteiger partial charge in [-0.25, -0.2) is 0 Å². The Morgan fingerprint density at radius 2 is 2.13 bits per heavy atom. The second-order valence-corrected chi connectivity index (χ2v) is 3.33. The smallest absolute Gasteiger partial charge is 0.306 e. The molecule has 1 rings (SSSR count). The van der Waals surface area contributed by atoms with Crippen LogP contribution in [0.25, 0.3) is 0 Å². The van der Waals surface area contributed by atoms with Crippen molar-refractivity contribution in [3.05, 3.63) is 39.9 Å². The van der Waals surface area contributed by atoms with E-state index in [1.165, 1.54) is 13.0 Å². The Balaban J connectivity index is 2.94. The molecule has 0 spiro atoms. The van der Waals surface area contributed by atoms with Crippen molar-refractivity contribution < 1.29 is 14.8 Å². The molecule has 80 valence electrons. The minimum absolute atomic E-state index is 0.0226. The number of nitro groups is 1. The van der Waals surface area contributed by atoms with Crippen LogP contribution < -0.4 is 0 Å². The zero-order valence-corrected chi connectivity index (χ0v) is 8.21. The van der Waals surface area contributed by atoms with Crippen molar-refractivity contribution >= 4 is 11.7 Å². The fourth-order valence-electron chi connectivity index (χ4n) is 1.28. The zero-order chi connectivity index (χ0) is 11.4. The number of para-hydroxylation sites is 1. The van der Waals surface area contributed by atoms with Crippen LogP contribution in [0.15, 0.2) is 24.3 Å². The molecule has 5 nitrogen and oxygen atoms in total. The van der Waals surface area contributed by atoms with Gasteiger partial charge in [-0.05, 0) is 6.42 Å². The summed E-state index contributed by atoms with van der Waals surface area (Å²) in [5.41, 5.74) is 0.433. The van der Waals surface area contributed by atoms with Crippen LogP contribution in [-0.4, -0.2) is 16.0 Å². The Labute approximate surface area is 86.5 Å².